The minimum Gasteiger partial charge on any atom is -0.391 e. The third-order valence-electron chi connectivity index (χ3n) is 2.89. The molecule has 90 valence electrons. The van der Waals surface area contributed by atoms with Crippen molar-refractivity contribution in [1.82, 2.24) is 10.2 Å². The number of aromatic nitrogens is 2. The first-order valence-electron chi connectivity index (χ1n) is 5.82. The van der Waals surface area contributed by atoms with Crippen molar-refractivity contribution in [3.63, 3.8) is 0 Å². The molecule has 4 nitrogen and oxygen atoms in total. The highest BCUT2D eigenvalue weighted by atomic mass is 16.3. The largest absolute Gasteiger partial charge is 0.391 e. The van der Waals surface area contributed by atoms with Crippen molar-refractivity contribution in [3.8, 4) is 0 Å². The lowest BCUT2D eigenvalue weighted by Crippen LogP contribution is -2.28. The standard InChI is InChI=1S/C13H17N3O/c1-3-10(17)9-16(2)13-8-14-15-12-7-5-4-6-11(12)13/h4-8,10,17H,3,9H2,1-2H3. The van der Waals surface area contributed by atoms with Crippen LogP contribution in [0, 0.1) is 0 Å². The molecule has 1 aromatic carbocycles. The highest BCUT2D eigenvalue weighted by Crippen LogP contribution is 2.23. The van der Waals surface area contributed by atoms with Gasteiger partial charge in [0.1, 0.15) is 0 Å². The second-order valence-electron chi connectivity index (χ2n) is 4.19. The van der Waals surface area contributed by atoms with Gasteiger partial charge in [-0.1, -0.05) is 25.1 Å². The maximum absolute atomic E-state index is 9.68. The van der Waals surface area contributed by atoms with Gasteiger partial charge in [-0.2, -0.15) is 10.2 Å². The Labute approximate surface area is 101 Å². The van der Waals surface area contributed by atoms with Crippen molar-refractivity contribution in [2.45, 2.75) is 19.4 Å². The molecule has 0 amide bonds. The maximum atomic E-state index is 9.68. The van der Waals surface area contributed by atoms with Crippen LogP contribution < -0.4 is 4.90 Å². The van der Waals surface area contributed by atoms with E-state index in [-0.39, 0.29) is 6.10 Å². The number of nitrogens with zero attached hydrogens (tertiary/aromatic N) is 3. The Hall–Kier alpha value is -1.68. The number of fused-ring (bicyclic) bond motifs is 1. The third kappa shape index (κ3) is 2.53. The minimum atomic E-state index is -0.313. The molecule has 4 heteroatoms. The SMILES string of the molecule is CCC(O)CN(C)c1cnnc2ccccc12. The molecule has 1 aromatic heterocycles. The normalized spacial score (nSPS) is 12.6. The molecular weight excluding hydrogens is 214 g/mol. The average Bonchev–Trinajstić information content (AvgIpc) is 2.37. The lowest BCUT2D eigenvalue weighted by atomic mass is 10.2. The highest BCUT2D eigenvalue weighted by molar-refractivity contribution is 5.90. The number of hydrogen-bond donors (Lipinski definition) is 1. The van der Waals surface area contributed by atoms with Crippen molar-refractivity contribution < 1.29 is 5.11 Å². The summed E-state index contributed by atoms with van der Waals surface area (Å²) in [4.78, 5) is 2.02. The summed E-state index contributed by atoms with van der Waals surface area (Å²) in [5.74, 6) is 0. The lowest BCUT2D eigenvalue weighted by Gasteiger charge is -2.22. The van der Waals surface area contributed by atoms with Crippen molar-refractivity contribution in [2.24, 2.45) is 0 Å². The number of rotatable bonds is 4. The molecule has 0 aliphatic heterocycles. The first-order chi connectivity index (χ1) is 8.22. The topological polar surface area (TPSA) is 49.2 Å². The van der Waals surface area contributed by atoms with Crippen LogP contribution in [0.1, 0.15) is 13.3 Å². The van der Waals surface area contributed by atoms with E-state index in [0.717, 1.165) is 23.0 Å². The van der Waals surface area contributed by atoms with Crippen LogP contribution in [0.5, 0.6) is 0 Å². The second kappa shape index (κ2) is 5.10. The number of likely N-dealkylation sites (N-methyl/N-ethyl adjacent to an activating group) is 1. The van der Waals surface area contributed by atoms with E-state index in [2.05, 4.69) is 10.2 Å². The maximum Gasteiger partial charge on any atom is 0.0950 e. The van der Waals surface area contributed by atoms with Crippen molar-refractivity contribution in [1.29, 1.82) is 0 Å². The monoisotopic (exact) mass is 231 g/mol. The van der Waals surface area contributed by atoms with Crippen LogP contribution in [-0.4, -0.2) is 35.0 Å². The number of hydrogen-bond acceptors (Lipinski definition) is 4. The molecule has 0 fully saturated rings. The predicted molar refractivity (Wildman–Crippen MR) is 69.1 cm³/mol. The first-order valence-corrected chi connectivity index (χ1v) is 5.82. The Kier molecular flexibility index (Phi) is 3.54. The van der Waals surface area contributed by atoms with Gasteiger partial charge in [0.2, 0.25) is 0 Å². The van der Waals surface area contributed by atoms with E-state index in [0.29, 0.717) is 6.54 Å². The van der Waals surface area contributed by atoms with Gasteiger partial charge >= 0.3 is 0 Å². The molecule has 0 aliphatic carbocycles. The van der Waals surface area contributed by atoms with Crippen LogP contribution >= 0.6 is 0 Å². The Bertz CT molecular complexity index is 495. The number of anilines is 1. The van der Waals surface area contributed by atoms with Crippen molar-refractivity contribution >= 4 is 16.6 Å². The van der Waals surface area contributed by atoms with Crippen LogP contribution in [0.15, 0.2) is 30.5 Å². The first kappa shape index (κ1) is 11.8. The Morgan fingerprint density at radius 2 is 2.12 bits per heavy atom. The average molecular weight is 231 g/mol. The number of benzene rings is 1. The summed E-state index contributed by atoms with van der Waals surface area (Å²) in [7, 11) is 1.96. The molecule has 17 heavy (non-hydrogen) atoms. The van der Waals surface area contributed by atoms with Gasteiger partial charge in [-0.3, -0.25) is 0 Å². The Morgan fingerprint density at radius 3 is 2.88 bits per heavy atom. The summed E-state index contributed by atoms with van der Waals surface area (Å²) >= 11 is 0. The summed E-state index contributed by atoms with van der Waals surface area (Å²) < 4.78 is 0. The Morgan fingerprint density at radius 1 is 1.35 bits per heavy atom. The van der Waals surface area contributed by atoms with Crippen molar-refractivity contribution in [2.75, 3.05) is 18.5 Å². The molecule has 1 atom stereocenters. The number of aliphatic hydroxyl groups is 1. The fraction of sp³-hybridized carbons (Fsp3) is 0.385. The lowest BCUT2D eigenvalue weighted by molar-refractivity contribution is 0.177. The third-order valence-corrected chi connectivity index (χ3v) is 2.89. The molecular formula is C13H17N3O. The zero-order valence-corrected chi connectivity index (χ0v) is 10.2. The summed E-state index contributed by atoms with van der Waals surface area (Å²) in [5.41, 5.74) is 1.88. The molecule has 1 heterocycles. The summed E-state index contributed by atoms with van der Waals surface area (Å²) in [5, 5.41) is 18.8. The smallest absolute Gasteiger partial charge is 0.0950 e. The van der Waals surface area contributed by atoms with E-state index in [1.54, 1.807) is 6.20 Å². The molecule has 0 bridgehead atoms. The molecule has 2 aromatic rings. The van der Waals surface area contributed by atoms with E-state index in [1.165, 1.54) is 0 Å². The minimum absolute atomic E-state index is 0.313. The van der Waals surface area contributed by atoms with E-state index in [9.17, 15) is 5.11 Å². The van der Waals surface area contributed by atoms with Gasteiger partial charge in [0.25, 0.3) is 0 Å². The van der Waals surface area contributed by atoms with Crippen LogP contribution in [0.25, 0.3) is 10.9 Å². The van der Waals surface area contributed by atoms with Crippen LogP contribution in [0.4, 0.5) is 5.69 Å². The van der Waals surface area contributed by atoms with E-state index in [4.69, 9.17) is 0 Å². The summed E-state index contributed by atoms with van der Waals surface area (Å²) in [6.07, 6.45) is 2.18. The quantitative estimate of drug-likeness (QED) is 0.872. The van der Waals surface area contributed by atoms with E-state index < -0.39 is 0 Å². The zero-order valence-electron chi connectivity index (χ0n) is 10.2. The fourth-order valence-corrected chi connectivity index (χ4v) is 1.84. The van der Waals surface area contributed by atoms with Crippen LogP contribution in [0.3, 0.4) is 0 Å². The molecule has 1 unspecified atom stereocenters. The van der Waals surface area contributed by atoms with Crippen LogP contribution in [0.2, 0.25) is 0 Å². The van der Waals surface area contributed by atoms with Gasteiger partial charge in [0, 0.05) is 19.0 Å². The van der Waals surface area contributed by atoms with Gasteiger partial charge in [-0.05, 0) is 12.5 Å². The van der Waals surface area contributed by atoms with E-state index >= 15 is 0 Å². The van der Waals surface area contributed by atoms with Gasteiger partial charge in [0.05, 0.1) is 23.5 Å². The molecule has 2 rings (SSSR count). The van der Waals surface area contributed by atoms with E-state index in [1.807, 2.05) is 43.1 Å². The summed E-state index contributed by atoms with van der Waals surface area (Å²) in [6, 6.07) is 7.89. The summed E-state index contributed by atoms with van der Waals surface area (Å²) in [6.45, 7) is 2.58. The van der Waals surface area contributed by atoms with Crippen molar-refractivity contribution in [3.05, 3.63) is 30.5 Å². The molecule has 0 radical (unpaired) electrons. The second-order valence-corrected chi connectivity index (χ2v) is 4.19. The molecule has 0 saturated carbocycles. The van der Waals surface area contributed by atoms with Gasteiger partial charge in [0.15, 0.2) is 0 Å². The van der Waals surface area contributed by atoms with Gasteiger partial charge < -0.3 is 10.0 Å². The Balaban J connectivity index is 2.34. The highest BCUT2D eigenvalue weighted by Gasteiger charge is 2.10. The molecule has 0 aliphatic rings. The number of aliphatic hydroxyl groups excluding tert-OH is 1. The molecule has 1 N–H and O–H groups in total. The molecule has 0 spiro atoms. The fourth-order valence-electron chi connectivity index (χ4n) is 1.84. The van der Waals surface area contributed by atoms with Gasteiger partial charge in [-0.25, -0.2) is 0 Å². The van der Waals surface area contributed by atoms with Gasteiger partial charge in [-0.15, -0.1) is 0 Å². The molecule has 0 saturated heterocycles. The predicted octanol–water partition coefficient (Wildman–Crippen LogP) is 1.84. The zero-order chi connectivity index (χ0) is 12.3. The van der Waals surface area contributed by atoms with Crippen LogP contribution in [-0.2, 0) is 0 Å².